The van der Waals surface area contributed by atoms with Crippen LogP contribution in [0.3, 0.4) is 0 Å². The van der Waals surface area contributed by atoms with Crippen LogP contribution in [0.2, 0.25) is 0 Å². The van der Waals surface area contributed by atoms with Crippen molar-refractivity contribution in [3.63, 3.8) is 0 Å². The Morgan fingerprint density at radius 2 is 1.87 bits per heavy atom. The second-order valence-corrected chi connectivity index (χ2v) is 9.97. The number of hydrogen-bond acceptors (Lipinski definition) is 7. The molecule has 0 N–H and O–H groups in total. The molecule has 10 nitrogen and oxygen atoms in total. The number of fused-ring (bicyclic) bond motifs is 1. The van der Waals surface area contributed by atoms with Crippen LogP contribution in [0.25, 0.3) is 22.6 Å². The lowest BCUT2D eigenvalue weighted by atomic mass is 9.82. The van der Waals surface area contributed by atoms with E-state index in [2.05, 4.69) is 17.0 Å². The quantitative estimate of drug-likeness (QED) is 0.292. The molecule has 39 heavy (non-hydrogen) atoms. The molecule has 1 aromatic carbocycles. The average molecular weight is 531 g/mol. The van der Waals surface area contributed by atoms with Gasteiger partial charge in [-0.05, 0) is 56.7 Å². The summed E-state index contributed by atoms with van der Waals surface area (Å²) < 4.78 is 14.0. The molecule has 0 saturated heterocycles. The van der Waals surface area contributed by atoms with E-state index >= 15 is 0 Å². The molecule has 1 amide bonds. The topological polar surface area (TPSA) is 104 Å². The third-order valence-corrected chi connectivity index (χ3v) is 7.26. The van der Waals surface area contributed by atoms with Gasteiger partial charge in [-0.2, -0.15) is 5.10 Å². The second-order valence-electron chi connectivity index (χ2n) is 9.97. The third kappa shape index (κ3) is 5.70. The summed E-state index contributed by atoms with van der Waals surface area (Å²) in [6.07, 6.45) is 8.92. The molecule has 204 valence electrons. The maximum Gasteiger partial charge on any atom is 0.343 e. The lowest BCUT2D eigenvalue weighted by Crippen LogP contribution is -2.40. The summed E-state index contributed by atoms with van der Waals surface area (Å²) in [7, 11) is 1.59. The molecule has 1 aliphatic rings. The number of ether oxygens (including phenoxy) is 2. The van der Waals surface area contributed by atoms with Gasteiger partial charge in [-0.3, -0.25) is 9.69 Å². The number of esters is 1. The standard InChI is InChI=1S/C29H34N6O4/c1-4-39-29(37)24-19-35(23-12-10-21(11-13-23)25-18-26-30-14-5-15-34(26)31-25)32-27(24)33(16-17-38-3)28(36)22-8-6-20(2)7-9-22/h5,10-15,18-20,22H,4,6-9,16-17H2,1-3H3. The zero-order valence-corrected chi connectivity index (χ0v) is 22.6. The molecule has 0 atom stereocenters. The van der Waals surface area contributed by atoms with E-state index in [0.29, 0.717) is 24.9 Å². The maximum atomic E-state index is 13.7. The van der Waals surface area contributed by atoms with Gasteiger partial charge in [-0.15, -0.1) is 5.10 Å². The second kappa shape index (κ2) is 11.8. The minimum Gasteiger partial charge on any atom is -0.462 e. The fourth-order valence-electron chi connectivity index (χ4n) is 5.04. The number of hydrogen-bond donors (Lipinski definition) is 0. The Labute approximate surface area is 227 Å². The highest BCUT2D eigenvalue weighted by atomic mass is 16.5. The van der Waals surface area contributed by atoms with E-state index in [1.54, 1.807) is 40.5 Å². The van der Waals surface area contributed by atoms with E-state index in [0.717, 1.165) is 48.3 Å². The molecule has 0 spiro atoms. The van der Waals surface area contributed by atoms with E-state index in [9.17, 15) is 9.59 Å². The van der Waals surface area contributed by atoms with Crippen molar-refractivity contribution in [2.24, 2.45) is 11.8 Å². The molecule has 5 rings (SSSR count). The number of amides is 1. The summed E-state index contributed by atoms with van der Waals surface area (Å²) in [6.45, 7) is 4.82. The Hall–Kier alpha value is -4.05. The van der Waals surface area contributed by atoms with Gasteiger partial charge >= 0.3 is 5.97 Å². The lowest BCUT2D eigenvalue weighted by Gasteiger charge is -2.30. The first-order chi connectivity index (χ1) is 19.0. The minimum atomic E-state index is -0.514. The number of nitrogens with zero attached hydrogens (tertiary/aromatic N) is 6. The highest BCUT2D eigenvalue weighted by Gasteiger charge is 2.33. The molecule has 0 bridgehead atoms. The number of carbonyl (C=O) groups is 2. The van der Waals surface area contributed by atoms with Gasteiger partial charge in [0.15, 0.2) is 11.5 Å². The Morgan fingerprint density at radius 3 is 2.56 bits per heavy atom. The van der Waals surface area contributed by atoms with Crippen LogP contribution < -0.4 is 4.90 Å². The molecule has 10 heteroatoms. The summed E-state index contributed by atoms with van der Waals surface area (Å²) in [5.41, 5.74) is 3.47. The minimum absolute atomic E-state index is 0.0226. The summed E-state index contributed by atoms with van der Waals surface area (Å²) in [5.74, 6) is 0.281. The SMILES string of the molecule is CCOC(=O)c1cn(-c2ccc(-c3cc4ncccn4n3)cc2)nc1N(CCOC)C(=O)C1CCC(C)CC1. The van der Waals surface area contributed by atoms with Crippen LogP contribution in [0.15, 0.2) is 55.0 Å². The van der Waals surface area contributed by atoms with Crippen LogP contribution >= 0.6 is 0 Å². The van der Waals surface area contributed by atoms with Crippen LogP contribution in [0.5, 0.6) is 0 Å². The molecule has 1 fully saturated rings. The average Bonchev–Trinajstić information content (AvgIpc) is 3.59. The predicted molar refractivity (Wildman–Crippen MR) is 147 cm³/mol. The van der Waals surface area contributed by atoms with Crippen molar-refractivity contribution in [3.8, 4) is 16.9 Å². The molecule has 1 saturated carbocycles. The Balaban J connectivity index is 1.48. The van der Waals surface area contributed by atoms with Gasteiger partial charge in [0.05, 0.1) is 31.1 Å². The smallest absolute Gasteiger partial charge is 0.343 e. The van der Waals surface area contributed by atoms with Crippen molar-refractivity contribution in [1.29, 1.82) is 0 Å². The number of benzene rings is 1. The summed E-state index contributed by atoms with van der Waals surface area (Å²) in [6, 6.07) is 11.5. The van der Waals surface area contributed by atoms with E-state index < -0.39 is 5.97 Å². The van der Waals surface area contributed by atoms with Gasteiger partial charge in [0, 0.05) is 43.2 Å². The van der Waals surface area contributed by atoms with Gasteiger partial charge in [0.1, 0.15) is 5.56 Å². The molecule has 3 aromatic heterocycles. The van der Waals surface area contributed by atoms with Crippen LogP contribution in [0.1, 0.15) is 49.9 Å². The number of aromatic nitrogens is 5. The molecule has 3 heterocycles. The third-order valence-electron chi connectivity index (χ3n) is 7.26. The number of methoxy groups -OCH3 is 1. The molecule has 1 aliphatic carbocycles. The van der Waals surface area contributed by atoms with E-state index in [1.165, 1.54) is 0 Å². The fraction of sp³-hybridized carbons (Fsp3) is 0.414. The van der Waals surface area contributed by atoms with Crippen LogP contribution in [0.4, 0.5) is 5.82 Å². The Kier molecular flexibility index (Phi) is 8.02. The molecular weight excluding hydrogens is 496 g/mol. The molecular formula is C29H34N6O4. The van der Waals surface area contributed by atoms with Crippen LogP contribution in [-0.2, 0) is 14.3 Å². The van der Waals surface area contributed by atoms with Gasteiger partial charge in [-0.1, -0.05) is 19.1 Å². The monoisotopic (exact) mass is 530 g/mol. The number of rotatable bonds is 9. The van der Waals surface area contributed by atoms with Gasteiger partial charge in [-0.25, -0.2) is 19.0 Å². The highest BCUT2D eigenvalue weighted by molar-refractivity contribution is 6.02. The first-order valence-electron chi connectivity index (χ1n) is 13.5. The van der Waals surface area contributed by atoms with Crippen molar-refractivity contribution in [3.05, 3.63) is 60.6 Å². The zero-order chi connectivity index (χ0) is 27.4. The highest BCUT2D eigenvalue weighted by Crippen LogP contribution is 2.32. The largest absolute Gasteiger partial charge is 0.462 e. The van der Waals surface area contributed by atoms with Crippen molar-refractivity contribution in [2.45, 2.75) is 39.5 Å². The van der Waals surface area contributed by atoms with Crippen LogP contribution in [-0.4, -0.2) is 63.1 Å². The van der Waals surface area contributed by atoms with Gasteiger partial charge < -0.3 is 9.47 Å². The molecule has 0 aliphatic heterocycles. The van der Waals surface area contributed by atoms with E-state index in [4.69, 9.17) is 14.6 Å². The maximum absolute atomic E-state index is 13.7. The van der Waals surface area contributed by atoms with Crippen LogP contribution in [0, 0.1) is 11.8 Å². The van der Waals surface area contributed by atoms with Gasteiger partial charge in [0.25, 0.3) is 0 Å². The van der Waals surface area contributed by atoms with E-state index in [-0.39, 0.29) is 24.0 Å². The molecule has 4 aromatic rings. The normalized spacial score (nSPS) is 17.3. The van der Waals surface area contributed by atoms with Gasteiger partial charge in [0.2, 0.25) is 5.91 Å². The van der Waals surface area contributed by atoms with E-state index in [1.807, 2.05) is 42.6 Å². The number of anilines is 1. The summed E-state index contributed by atoms with van der Waals surface area (Å²) in [4.78, 5) is 32.6. The summed E-state index contributed by atoms with van der Waals surface area (Å²) in [5, 5.41) is 9.32. The first-order valence-corrected chi connectivity index (χ1v) is 13.5. The Morgan fingerprint density at radius 1 is 1.10 bits per heavy atom. The fourth-order valence-corrected chi connectivity index (χ4v) is 5.04. The first kappa shape index (κ1) is 26.6. The molecule has 0 unspecified atom stereocenters. The molecule has 0 radical (unpaired) electrons. The zero-order valence-electron chi connectivity index (χ0n) is 22.6. The van der Waals surface area contributed by atoms with Crippen molar-refractivity contribution < 1.29 is 19.1 Å². The van der Waals surface area contributed by atoms with Crippen molar-refractivity contribution in [1.82, 2.24) is 24.4 Å². The predicted octanol–water partition coefficient (Wildman–Crippen LogP) is 4.56. The Bertz CT molecular complexity index is 1400. The number of carbonyl (C=O) groups excluding carboxylic acids is 2. The summed E-state index contributed by atoms with van der Waals surface area (Å²) >= 11 is 0. The lowest BCUT2D eigenvalue weighted by molar-refractivity contribution is -0.123. The van der Waals surface area contributed by atoms with Crippen molar-refractivity contribution in [2.75, 3.05) is 31.8 Å². The van der Waals surface area contributed by atoms with Crippen molar-refractivity contribution >= 4 is 23.3 Å².